The van der Waals surface area contributed by atoms with Crippen molar-refractivity contribution in [2.24, 2.45) is 0 Å². The third kappa shape index (κ3) is 5.20. The van der Waals surface area contributed by atoms with Gasteiger partial charge in [-0.1, -0.05) is 146 Å². The first-order valence-electron chi connectivity index (χ1n) is 21.1. The maximum Gasteiger partial charge on any atom is 0.145 e. The maximum absolute atomic E-state index is 6.90. The molecule has 13 rings (SSSR count). The van der Waals surface area contributed by atoms with E-state index in [0.717, 1.165) is 88.9 Å². The van der Waals surface area contributed by atoms with Gasteiger partial charge in [-0.25, -0.2) is 0 Å². The predicted octanol–water partition coefficient (Wildman–Crippen LogP) is 16.5. The molecule has 13 aromatic rings. The van der Waals surface area contributed by atoms with Crippen molar-refractivity contribution in [2.75, 3.05) is 4.90 Å². The molecule has 0 amide bonds. The second kappa shape index (κ2) is 13.6. The molecule has 0 aliphatic carbocycles. The van der Waals surface area contributed by atoms with E-state index in [1.807, 2.05) is 12.1 Å². The van der Waals surface area contributed by atoms with Gasteiger partial charge in [0.05, 0.1) is 22.1 Å². The zero-order valence-electron chi connectivity index (χ0n) is 33.5. The summed E-state index contributed by atoms with van der Waals surface area (Å²) in [7, 11) is 0. The van der Waals surface area contributed by atoms with Crippen LogP contribution < -0.4 is 4.90 Å². The molecule has 3 heterocycles. The Labute approximate surface area is 356 Å². The van der Waals surface area contributed by atoms with Crippen LogP contribution in [0.15, 0.2) is 227 Å². The average molecular weight is 793 g/mol. The van der Waals surface area contributed by atoms with Gasteiger partial charge in [-0.15, -0.1) is 0 Å². The van der Waals surface area contributed by atoms with E-state index < -0.39 is 0 Å². The lowest BCUT2D eigenvalue weighted by Gasteiger charge is -2.27. The van der Waals surface area contributed by atoms with Gasteiger partial charge < -0.3 is 18.3 Å². The Morgan fingerprint density at radius 2 is 0.871 bits per heavy atom. The normalized spacial score (nSPS) is 11.9. The molecule has 10 aromatic carbocycles. The fourth-order valence-electron chi connectivity index (χ4n) is 9.81. The van der Waals surface area contributed by atoms with Crippen molar-refractivity contribution in [1.82, 2.24) is 4.57 Å². The smallest absolute Gasteiger partial charge is 0.145 e. The molecular formula is C58H36N2O2. The van der Waals surface area contributed by atoms with Gasteiger partial charge in [-0.2, -0.15) is 0 Å². The summed E-state index contributed by atoms with van der Waals surface area (Å²) in [5.41, 5.74) is 14.4. The zero-order valence-corrected chi connectivity index (χ0v) is 33.5. The summed E-state index contributed by atoms with van der Waals surface area (Å²) in [6.45, 7) is 0. The molecule has 0 atom stereocenters. The molecule has 0 fully saturated rings. The minimum absolute atomic E-state index is 0.854. The van der Waals surface area contributed by atoms with E-state index in [4.69, 9.17) is 8.83 Å². The van der Waals surface area contributed by atoms with Crippen LogP contribution in [0.4, 0.5) is 17.1 Å². The van der Waals surface area contributed by atoms with E-state index in [1.165, 1.54) is 32.6 Å². The summed E-state index contributed by atoms with van der Waals surface area (Å²) < 4.78 is 15.8. The number of para-hydroxylation sites is 5. The number of aromatic nitrogens is 1. The summed E-state index contributed by atoms with van der Waals surface area (Å²) >= 11 is 0. The molecule has 0 bridgehead atoms. The molecule has 0 saturated carbocycles. The van der Waals surface area contributed by atoms with Gasteiger partial charge in [-0.05, 0) is 94.7 Å². The van der Waals surface area contributed by atoms with Crippen molar-refractivity contribution in [3.63, 3.8) is 0 Å². The van der Waals surface area contributed by atoms with E-state index >= 15 is 0 Å². The van der Waals surface area contributed by atoms with Crippen LogP contribution in [0.5, 0.6) is 0 Å². The van der Waals surface area contributed by atoms with Crippen LogP contribution in [0.25, 0.3) is 104 Å². The molecular weight excluding hydrogens is 757 g/mol. The highest BCUT2D eigenvalue weighted by Gasteiger charge is 2.24. The first-order chi connectivity index (χ1) is 30.8. The minimum Gasteiger partial charge on any atom is -0.455 e. The number of anilines is 3. The monoisotopic (exact) mass is 792 g/mol. The second-order valence-electron chi connectivity index (χ2n) is 16.0. The number of fused-ring (bicyclic) bond motifs is 10. The van der Waals surface area contributed by atoms with Gasteiger partial charge in [0.25, 0.3) is 0 Å². The maximum atomic E-state index is 6.90. The molecule has 0 radical (unpaired) electrons. The highest BCUT2D eigenvalue weighted by Crippen LogP contribution is 2.48. The lowest BCUT2D eigenvalue weighted by Crippen LogP contribution is -2.10. The molecule has 0 N–H and O–H groups in total. The van der Waals surface area contributed by atoms with Crippen LogP contribution in [0.3, 0.4) is 0 Å². The molecule has 0 aliphatic rings. The van der Waals surface area contributed by atoms with Gasteiger partial charge in [0.2, 0.25) is 0 Å². The quantitative estimate of drug-likeness (QED) is 0.168. The Hall–Kier alpha value is -8.34. The molecule has 62 heavy (non-hydrogen) atoms. The van der Waals surface area contributed by atoms with Gasteiger partial charge in [0.15, 0.2) is 0 Å². The summed E-state index contributed by atoms with van der Waals surface area (Å²) in [5, 5.41) is 9.25. The second-order valence-corrected chi connectivity index (χ2v) is 16.0. The molecule has 0 saturated heterocycles. The molecule has 0 spiro atoms. The topological polar surface area (TPSA) is 34.5 Å². The number of hydrogen-bond acceptors (Lipinski definition) is 3. The van der Waals surface area contributed by atoms with Crippen molar-refractivity contribution < 1.29 is 8.83 Å². The fourth-order valence-corrected chi connectivity index (χ4v) is 9.81. The molecule has 0 unspecified atom stereocenters. The van der Waals surface area contributed by atoms with Crippen molar-refractivity contribution in [2.45, 2.75) is 0 Å². The summed E-state index contributed by atoms with van der Waals surface area (Å²) in [5.74, 6) is 0. The Balaban J connectivity index is 1.02. The molecule has 3 aromatic heterocycles. The molecule has 290 valence electrons. The van der Waals surface area contributed by atoms with Gasteiger partial charge >= 0.3 is 0 Å². The highest BCUT2D eigenvalue weighted by atomic mass is 16.3. The van der Waals surface area contributed by atoms with Crippen LogP contribution in [-0.4, -0.2) is 4.57 Å². The first kappa shape index (κ1) is 34.5. The van der Waals surface area contributed by atoms with Crippen LogP contribution >= 0.6 is 0 Å². The van der Waals surface area contributed by atoms with E-state index in [1.54, 1.807) is 0 Å². The third-order valence-electron chi connectivity index (χ3n) is 12.6. The van der Waals surface area contributed by atoms with E-state index in [0.29, 0.717) is 0 Å². The molecule has 4 nitrogen and oxygen atoms in total. The summed E-state index contributed by atoms with van der Waals surface area (Å²) in [4.78, 5) is 2.37. The lowest BCUT2D eigenvalue weighted by atomic mass is 9.95. The van der Waals surface area contributed by atoms with E-state index in [2.05, 4.69) is 216 Å². The third-order valence-corrected chi connectivity index (χ3v) is 12.6. The average Bonchev–Trinajstić information content (AvgIpc) is 4.03. The SMILES string of the molecule is c1ccc2c(-c3ccc(N(c4ccc(-c5cccc6c5oc5ccccc56)cc4)c4ccc(-n5c6ccccc6c6ccccc65)cc4)c4c3oc3ccccc34)cccc2c1. The van der Waals surface area contributed by atoms with Crippen LogP contribution in [0.1, 0.15) is 0 Å². The largest absolute Gasteiger partial charge is 0.455 e. The van der Waals surface area contributed by atoms with Gasteiger partial charge in [-0.3, -0.25) is 0 Å². The van der Waals surface area contributed by atoms with Crippen LogP contribution in [0.2, 0.25) is 0 Å². The van der Waals surface area contributed by atoms with Crippen LogP contribution in [0, 0.1) is 0 Å². The minimum atomic E-state index is 0.854. The predicted molar refractivity (Wildman–Crippen MR) is 258 cm³/mol. The number of hydrogen-bond donors (Lipinski definition) is 0. The highest BCUT2D eigenvalue weighted by molar-refractivity contribution is 6.19. The first-order valence-corrected chi connectivity index (χ1v) is 21.1. The van der Waals surface area contributed by atoms with Crippen molar-refractivity contribution in [3.8, 4) is 27.9 Å². The van der Waals surface area contributed by atoms with Crippen molar-refractivity contribution in [3.05, 3.63) is 218 Å². The summed E-state index contributed by atoms with van der Waals surface area (Å²) in [6.07, 6.45) is 0. The van der Waals surface area contributed by atoms with Gasteiger partial charge in [0, 0.05) is 55.1 Å². The molecule has 0 aliphatic heterocycles. The number of rotatable bonds is 6. The van der Waals surface area contributed by atoms with Gasteiger partial charge in [0.1, 0.15) is 22.3 Å². The van der Waals surface area contributed by atoms with E-state index in [-0.39, 0.29) is 0 Å². The Morgan fingerprint density at radius 3 is 1.61 bits per heavy atom. The standard InChI is InChI=1S/C58H36N2O2/c1-2-15-42-37(13-1)14-11-21-44(42)49-35-36-53(56-50-19-6-10-26-55(50)62-58(49)56)59(39-29-27-38(28-30-39)43-20-12-22-48-47-18-5-9-25-54(47)61-57(43)48)40-31-33-41(34-32-40)60-51-23-7-3-16-45(51)46-17-4-8-24-52(46)60/h1-36H. The zero-order chi connectivity index (χ0) is 40.7. The summed E-state index contributed by atoms with van der Waals surface area (Å²) in [6, 6.07) is 77.9. The Kier molecular flexibility index (Phi) is 7.57. The lowest BCUT2D eigenvalue weighted by molar-refractivity contribution is 0.669. The van der Waals surface area contributed by atoms with Crippen LogP contribution in [-0.2, 0) is 0 Å². The number of nitrogens with zero attached hydrogens (tertiary/aromatic N) is 2. The molecule has 4 heteroatoms. The Morgan fingerprint density at radius 1 is 0.339 bits per heavy atom. The number of benzene rings is 10. The Bertz CT molecular complexity index is 3810. The fraction of sp³-hybridized carbons (Fsp3) is 0. The van der Waals surface area contributed by atoms with E-state index in [9.17, 15) is 0 Å². The number of furan rings is 2. The van der Waals surface area contributed by atoms with Crippen molar-refractivity contribution in [1.29, 1.82) is 0 Å². The van der Waals surface area contributed by atoms with Crippen molar-refractivity contribution >= 4 is 93.5 Å².